The van der Waals surface area contributed by atoms with Crippen LogP contribution in [0.2, 0.25) is 0 Å². The predicted molar refractivity (Wildman–Crippen MR) is 222 cm³/mol. The highest BCUT2D eigenvalue weighted by Gasteiger charge is 2.20. The number of hydrogen-bond donors (Lipinski definition) is 0. The van der Waals surface area contributed by atoms with E-state index in [0.717, 1.165) is 33.2 Å². The highest BCUT2D eigenvalue weighted by atomic mass is 32.1. The van der Waals surface area contributed by atoms with Gasteiger partial charge in [-0.05, 0) is 78.5 Å². The van der Waals surface area contributed by atoms with Gasteiger partial charge in [0.15, 0.2) is 17.5 Å². The molecule has 0 atom stereocenters. The lowest BCUT2D eigenvalue weighted by atomic mass is 9.90. The molecule has 8 aromatic carbocycles. The Hall–Kier alpha value is -6.82. The summed E-state index contributed by atoms with van der Waals surface area (Å²) in [5, 5.41) is 12.6. The van der Waals surface area contributed by atoms with Gasteiger partial charge < -0.3 is 0 Å². The third-order valence-electron chi connectivity index (χ3n) is 10.4. The fraction of sp³-hybridized carbons (Fsp3) is 0. The standard InChI is InChI=1S/C48H28N4S/c1-2-10-31(11-3-1)46-50-47(32-20-18-29(19-21-32)30-24-26-49-27-25-30)52-48(51-46)40-28-42-44(38-17-9-7-15-36(38)40)45-41(53-42)23-22-39-35-14-5-4-12-33(35)34-13-6-8-16-37(34)43(39)45/h1-28H. The maximum atomic E-state index is 5.21. The minimum Gasteiger partial charge on any atom is -0.265 e. The number of hydrogen-bond acceptors (Lipinski definition) is 5. The summed E-state index contributed by atoms with van der Waals surface area (Å²) in [6, 6.07) is 55.9. The Bertz CT molecular complexity index is 3170. The smallest absolute Gasteiger partial charge is 0.164 e. The van der Waals surface area contributed by atoms with E-state index in [1.807, 2.05) is 54.1 Å². The minimum absolute atomic E-state index is 0.639. The topological polar surface area (TPSA) is 51.6 Å². The van der Waals surface area contributed by atoms with Crippen LogP contribution >= 0.6 is 11.3 Å². The van der Waals surface area contributed by atoms with Crippen molar-refractivity contribution in [3.8, 4) is 45.3 Å². The molecular formula is C48H28N4S. The third kappa shape index (κ3) is 4.75. The van der Waals surface area contributed by atoms with Crippen molar-refractivity contribution in [2.24, 2.45) is 0 Å². The lowest BCUT2D eigenvalue weighted by Crippen LogP contribution is -2.00. The molecule has 4 nitrogen and oxygen atoms in total. The van der Waals surface area contributed by atoms with Crippen LogP contribution in [0.1, 0.15) is 0 Å². The van der Waals surface area contributed by atoms with Gasteiger partial charge in [0.2, 0.25) is 0 Å². The lowest BCUT2D eigenvalue weighted by molar-refractivity contribution is 1.08. The summed E-state index contributed by atoms with van der Waals surface area (Å²) in [4.78, 5) is 19.6. The number of aromatic nitrogens is 4. The quantitative estimate of drug-likeness (QED) is 0.172. The Morgan fingerprint density at radius 2 is 0.811 bits per heavy atom. The van der Waals surface area contributed by atoms with Crippen molar-refractivity contribution in [1.29, 1.82) is 0 Å². The molecule has 3 aromatic heterocycles. The maximum Gasteiger partial charge on any atom is 0.164 e. The molecule has 0 aliphatic carbocycles. The first kappa shape index (κ1) is 29.9. The summed E-state index contributed by atoms with van der Waals surface area (Å²) in [7, 11) is 0. The highest BCUT2D eigenvalue weighted by Crippen LogP contribution is 2.48. The van der Waals surface area contributed by atoms with E-state index in [1.54, 1.807) is 0 Å². The van der Waals surface area contributed by atoms with E-state index in [2.05, 4.69) is 132 Å². The SMILES string of the molecule is c1ccc(-c2nc(-c3ccc(-c4ccncc4)cc3)nc(-c3cc4sc5ccc6c7ccccc7c7ccccc7c6c5c4c4ccccc34)n2)cc1. The number of fused-ring (bicyclic) bond motifs is 12. The zero-order valence-electron chi connectivity index (χ0n) is 28.4. The minimum atomic E-state index is 0.639. The molecule has 11 rings (SSSR count). The van der Waals surface area contributed by atoms with E-state index < -0.39 is 0 Å². The number of pyridine rings is 1. The van der Waals surface area contributed by atoms with Gasteiger partial charge in [0.05, 0.1) is 0 Å². The molecule has 0 aliphatic rings. The number of rotatable bonds is 4. The normalized spacial score (nSPS) is 11.8. The second-order valence-corrected chi connectivity index (χ2v) is 14.5. The molecule has 0 radical (unpaired) electrons. The van der Waals surface area contributed by atoms with Crippen LogP contribution in [-0.4, -0.2) is 19.9 Å². The summed E-state index contributed by atoms with van der Waals surface area (Å²) in [6.45, 7) is 0. The summed E-state index contributed by atoms with van der Waals surface area (Å²) in [5.41, 5.74) is 5.10. The Morgan fingerprint density at radius 1 is 0.321 bits per heavy atom. The largest absolute Gasteiger partial charge is 0.265 e. The van der Waals surface area contributed by atoms with Crippen molar-refractivity contribution < 1.29 is 0 Å². The molecular weight excluding hydrogens is 665 g/mol. The van der Waals surface area contributed by atoms with Crippen molar-refractivity contribution in [2.75, 3.05) is 0 Å². The van der Waals surface area contributed by atoms with Gasteiger partial charge in [-0.15, -0.1) is 11.3 Å². The van der Waals surface area contributed by atoms with E-state index in [-0.39, 0.29) is 0 Å². The Morgan fingerprint density at radius 3 is 1.49 bits per heavy atom. The van der Waals surface area contributed by atoms with Gasteiger partial charge in [-0.2, -0.15) is 0 Å². The highest BCUT2D eigenvalue weighted by molar-refractivity contribution is 7.26. The Balaban J connectivity index is 1.19. The molecule has 0 fully saturated rings. The van der Waals surface area contributed by atoms with E-state index in [0.29, 0.717) is 17.5 Å². The summed E-state index contributed by atoms with van der Waals surface area (Å²) in [6.07, 6.45) is 3.63. The van der Waals surface area contributed by atoms with Crippen LogP contribution in [0.4, 0.5) is 0 Å². The third-order valence-corrected chi connectivity index (χ3v) is 11.5. The molecule has 246 valence electrons. The van der Waals surface area contributed by atoms with E-state index in [1.165, 1.54) is 57.9 Å². The molecule has 0 spiro atoms. The first-order chi connectivity index (χ1) is 26.3. The molecule has 5 heteroatoms. The Kier molecular flexibility index (Phi) is 6.69. The monoisotopic (exact) mass is 692 g/mol. The molecule has 11 aromatic rings. The number of nitrogens with zero attached hydrogens (tertiary/aromatic N) is 4. The van der Waals surface area contributed by atoms with E-state index in [9.17, 15) is 0 Å². The first-order valence-corrected chi connectivity index (χ1v) is 18.5. The molecule has 0 saturated carbocycles. The van der Waals surface area contributed by atoms with Crippen molar-refractivity contribution in [1.82, 2.24) is 19.9 Å². The van der Waals surface area contributed by atoms with Crippen molar-refractivity contribution in [3.05, 3.63) is 170 Å². The van der Waals surface area contributed by atoms with Gasteiger partial charge in [0, 0.05) is 49.3 Å². The second-order valence-electron chi connectivity index (χ2n) is 13.4. The molecule has 0 N–H and O–H groups in total. The van der Waals surface area contributed by atoms with Gasteiger partial charge in [0.25, 0.3) is 0 Å². The van der Waals surface area contributed by atoms with Crippen LogP contribution in [0.5, 0.6) is 0 Å². The van der Waals surface area contributed by atoms with Crippen LogP contribution in [0, 0.1) is 0 Å². The number of benzene rings is 8. The lowest BCUT2D eigenvalue weighted by Gasteiger charge is -2.13. The molecule has 0 amide bonds. The molecule has 0 unspecified atom stereocenters. The van der Waals surface area contributed by atoms with Gasteiger partial charge in [-0.25, -0.2) is 15.0 Å². The Labute approximate surface area is 308 Å². The van der Waals surface area contributed by atoms with Crippen molar-refractivity contribution >= 4 is 74.6 Å². The van der Waals surface area contributed by atoms with Gasteiger partial charge >= 0.3 is 0 Å². The van der Waals surface area contributed by atoms with Crippen molar-refractivity contribution in [2.45, 2.75) is 0 Å². The van der Waals surface area contributed by atoms with Gasteiger partial charge in [-0.1, -0.05) is 133 Å². The fourth-order valence-corrected chi connectivity index (χ4v) is 9.17. The average Bonchev–Trinajstić information content (AvgIpc) is 3.63. The van der Waals surface area contributed by atoms with Crippen LogP contribution in [0.25, 0.3) is 109 Å². The van der Waals surface area contributed by atoms with Crippen LogP contribution in [0.15, 0.2) is 170 Å². The van der Waals surface area contributed by atoms with Crippen LogP contribution in [0.3, 0.4) is 0 Å². The first-order valence-electron chi connectivity index (χ1n) is 17.7. The average molecular weight is 693 g/mol. The number of thiophene rings is 1. The summed E-state index contributed by atoms with van der Waals surface area (Å²) >= 11 is 1.84. The maximum absolute atomic E-state index is 5.21. The van der Waals surface area contributed by atoms with Crippen molar-refractivity contribution in [3.63, 3.8) is 0 Å². The second kappa shape index (κ2) is 11.9. The fourth-order valence-electron chi connectivity index (χ4n) is 8.00. The molecule has 0 saturated heterocycles. The van der Waals surface area contributed by atoms with Crippen LogP contribution in [-0.2, 0) is 0 Å². The van der Waals surface area contributed by atoms with Gasteiger partial charge in [0.1, 0.15) is 0 Å². The zero-order valence-corrected chi connectivity index (χ0v) is 29.2. The van der Waals surface area contributed by atoms with Crippen LogP contribution < -0.4 is 0 Å². The molecule has 53 heavy (non-hydrogen) atoms. The molecule has 0 aliphatic heterocycles. The van der Waals surface area contributed by atoms with Gasteiger partial charge in [-0.3, -0.25) is 4.98 Å². The summed E-state index contributed by atoms with van der Waals surface area (Å²) in [5.74, 6) is 1.94. The summed E-state index contributed by atoms with van der Waals surface area (Å²) < 4.78 is 2.48. The molecule has 3 heterocycles. The van der Waals surface area contributed by atoms with E-state index >= 15 is 0 Å². The molecule has 0 bridgehead atoms. The van der Waals surface area contributed by atoms with E-state index in [4.69, 9.17) is 15.0 Å². The zero-order chi connectivity index (χ0) is 34.9. The predicted octanol–water partition coefficient (Wildman–Crippen LogP) is 12.9.